The first-order valence-electron chi connectivity index (χ1n) is 6.16. The fourth-order valence-electron chi connectivity index (χ4n) is 2.33. The van der Waals surface area contributed by atoms with E-state index in [1.807, 2.05) is 0 Å². The molecule has 7 heteroatoms. The average Bonchev–Trinajstić information content (AvgIpc) is 2.80. The Morgan fingerprint density at radius 2 is 2.05 bits per heavy atom. The van der Waals surface area contributed by atoms with Gasteiger partial charge >= 0.3 is 5.97 Å². The van der Waals surface area contributed by atoms with Crippen LogP contribution in [0, 0.1) is 16.0 Å². The standard InChI is InChI=1S/C13H14N2O5/c1-8(9-2-4-11(5-3-9)15(19)20)14-7-10(13(17)18)6-12(14)16/h2-5,8,10H,6-7H2,1H3,(H,17,18)/t8-,10?/m0/s1. The van der Waals surface area contributed by atoms with Crippen molar-refractivity contribution in [2.24, 2.45) is 5.92 Å². The number of nitro benzene ring substituents is 1. The molecule has 0 spiro atoms. The van der Waals surface area contributed by atoms with Crippen molar-refractivity contribution in [3.8, 4) is 0 Å². The second kappa shape index (κ2) is 5.28. The van der Waals surface area contributed by atoms with E-state index in [2.05, 4.69) is 0 Å². The summed E-state index contributed by atoms with van der Waals surface area (Å²) < 4.78 is 0. The van der Waals surface area contributed by atoms with Crippen LogP contribution in [0.15, 0.2) is 24.3 Å². The quantitative estimate of drug-likeness (QED) is 0.665. The molecule has 1 aliphatic rings. The number of carbonyl (C=O) groups excluding carboxylic acids is 1. The fraction of sp³-hybridized carbons (Fsp3) is 0.385. The number of nitro groups is 1. The van der Waals surface area contributed by atoms with Gasteiger partial charge in [0.1, 0.15) is 0 Å². The summed E-state index contributed by atoms with van der Waals surface area (Å²) in [4.78, 5) is 34.3. The molecule has 2 atom stereocenters. The zero-order chi connectivity index (χ0) is 14.9. The van der Waals surface area contributed by atoms with Crippen LogP contribution in [0.5, 0.6) is 0 Å². The molecule has 0 radical (unpaired) electrons. The average molecular weight is 278 g/mol. The SMILES string of the molecule is C[C@@H](c1ccc([N+](=O)[O-])cc1)N1CC(C(=O)O)CC1=O. The summed E-state index contributed by atoms with van der Waals surface area (Å²) in [5.41, 5.74) is 0.729. The van der Waals surface area contributed by atoms with Gasteiger partial charge in [0.25, 0.3) is 5.69 Å². The number of nitrogens with zero attached hydrogens (tertiary/aromatic N) is 2. The molecule has 7 nitrogen and oxygen atoms in total. The summed E-state index contributed by atoms with van der Waals surface area (Å²) in [5, 5.41) is 19.5. The van der Waals surface area contributed by atoms with E-state index in [1.54, 1.807) is 19.1 Å². The third kappa shape index (κ3) is 2.61. The predicted octanol–water partition coefficient (Wildman–Crippen LogP) is 1.59. The van der Waals surface area contributed by atoms with Crippen LogP contribution in [0.2, 0.25) is 0 Å². The van der Waals surface area contributed by atoms with E-state index in [4.69, 9.17) is 5.11 Å². The number of hydrogen-bond acceptors (Lipinski definition) is 4. The number of carboxylic acid groups (broad SMARTS) is 1. The molecule has 1 aromatic carbocycles. The largest absolute Gasteiger partial charge is 0.481 e. The van der Waals surface area contributed by atoms with Crippen molar-refractivity contribution in [1.82, 2.24) is 4.90 Å². The smallest absolute Gasteiger partial charge is 0.308 e. The van der Waals surface area contributed by atoms with Gasteiger partial charge in [0.15, 0.2) is 0 Å². The lowest BCUT2D eigenvalue weighted by molar-refractivity contribution is -0.384. The molecule has 20 heavy (non-hydrogen) atoms. The summed E-state index contributed by atoms with van der Waals surface area (Å²) in [6.45, 7) is 1.95. The molecule has 0 aromatic heterocycles. The van der Waals surface area contributed by atoms with Crippen LogP contribution in [0.4, 0.5) is 5.69 Å². The first-order chi connectivity index (χ1) is 9.40. The lowest BCUT2D eigenvalue weighted by Crippen LogP contribution is -2.29. The highest BCUT2D eigenvalue weighted by Gasteiger charge is 2.36. The molecule has 1 aromatic rings. The molecule has 1 unspecified atom stereocenters. The maximum atomic E-state index is 11.8. The van der Waals surface area contributed by atoms with Crippen molar-refractivity contribution < 1.29 is 19.6 Å². The number of hydrogen-bond donors (Lipinski definition) is 1. The van der Waals surface area contributed by atoms with Crippen LogP contribution in [-0.2, 0) is 9.59 Å². The summed E-state index contributed by atoms with van der Waals surface area (Å²) in [6, 6.07) is 5.63. The fourth-order valence-corrected chi connectivity index (χ4v) is 2.33. The molecule has 1 aliphatic heterocycles. The molecule has 1 saturated heterocycles. The number of likely N-dealkylation sites (tertiary alicyclic amines) is 1. The van der Waals surface area contributed by atoms with Crippen molar-refractivity contribution in [1.29, 1.82) is 0 Å². The van der Waals surface area contributed by atoms with E-state index in [0.717, 1.165) is 5.56 Å². The van der Waals surface area contributed by atoms with E-state index < -0.39 is 16.8 Å². The van der Waals surface area contributed by atoms with E-state index in [9.17, 15) is 19.7 Å². The second-order valence-electron chi connectivity index (χ2n) is 4.81. The number of benzene rings is 1. The van der Waals surface area contributed by atoms with Gasteiger partial charge in [-0.1, -0.05) is 12.1 Å². The zero-order valence-electron chi connectivity index (χ0n) is 10.9. The minimum atomic E-state index is -0.975. The van der Waals surface area contributed by atoms with Gasteiger partial charge in [-0.2, -0.15) is 0 Å². The van der Waals surface area contributed by atoms with Crippen molar-refractivity contribution >= 4 is 17.6 Å². The van der Waals surface area contributed by atoms with E-state index in [0.29, 0.717) is 0 Å². The van der Waals surface area contributed by atoms with Crippen LogP contribution < -0.4 is 0 Å². The molecule has 1 amide bonds. The Morgan fingerprint density at radius 1 is 1.45 bits per heavy atom. The molecule has 0 bridgehead atoms. The Labute approximate surface area is 115 Å². The minimum absolute atomic E-state index is 0.00660. The number of carboxylic acids is 1. The Hall–Kier alpha value is -2.44. The Balaban J connectivity index is 2.15. The number of rotatable bonds is 4. The zero-order valence-corrected chi connectivity index (χ0v) is 10.9. The van der Waals surface area contributed by atoms with Gasteiger partial charge in [0, 0.05) is 25.1 Å². The number of carbonyl (C=O) groups is 2. The van der Waals surface area contributed by atoms with Crippen LogP contribution in [-0.4, -0.2) is 33.4 Å². The molecule has 106 valence electrons. The van der Waals surface area contributed by atoms with Gasteiger partial charge in [0.05, 0.1) is 16.9 Å². The highest BCUT2D eigenvalue weighted by Crippen LogP contribution is 2.29. The van der Waals surface area contributed by atoms with Crippen molar-refractivity contribution in [3.05, 3.63) is 39.9 Å². The molecule has 1 fully saturated rings. The summed E-state index contributed by atoms with van der Waals surface area (Å²) in [7, 11) is 0. The summed E-state index contributed by atoms with van der Waals surface area (Å²) in [5.74, 6) is -1.86. The third-order valence-corrected chi connectivity index (χ3v) is 3.56. The third-order valence-electron chi connectivity index (χ3n) is 3.56. The van der Waals surface area contributed by atoms with Gasteiger partial charge < -0.3 is 10.0 Å². The minimum Gasteiger partial charge on any atom is -0.481 e. The van der Waals surface area contributed by atoms with Gasteiger partial charge in [-0.05, 0) is 12.5 Å². The molecule has 1 heterocycles. The number of aliphatic carboxylic acids is 1. The molecule has 0 saturated carbocycles. The van der Waals surface area contributed by atoms with Crippen LogP contribution in [0.1, 0.15) is 24.9 Å². The van der Waals surface area contributed by atoms with Gasteiger partial charge in [-0.15, -0.1) is 0 Å². The first kappa shape index (κ1) is 14.0. The number of non-ortho nitro benzene ring substituents is 1. The monoisotopic (exact) mass is 278 g/mol. The van der Waals surface area contributed by atoms with Crippen LogP contribution >= 0.6 is 0 Å². The second-order valence-corrected chi connectivity index (χ2v) is 4.81. The maximum absolute atomic E-state index is 11.8. The number of amides is 1. The van der Waals surface area contributed by atoms with Gasteiger partial charge in [-0.3, -0.25) is 19.7 Å². The van der Waals surface area contributed by atoms with Gasteiger partial charge in [-0.25, -0.2) is 0 Å². The highest BCUT2D eigenvalue weighted by molar-refractivity contribution is 5.86. The van der Waals surface area contributed by atoms with Crippen LogP contribution in [0.25, 0.3) is 0 Å². The molecule has 1 N–H and O–H groups in total. The van der Waals surface area contributed by atoms with Crippen LogP contribution in [0.3, 0.4) is 0 Å². The van der Waals surface area contributed by atoms with Crippen molar-refractivity contribution in [2.75, 3.05) is 6.54 Å². The normalized spacial score (nSPS) is 19.9. The van der Waals surface area contributed by atoms with E-state index in [-0.39, 0.29) is 30.6 Å². The predicted molar refractivity (Wildman–Crippen MR) is 69.0 cm³/mol. The molecular formula is C13H14N2O5. The summed E-state index contributed by atoms with van der Waals surface area (Å²) >= 11 is 0. The van der Waals surface area contributed by atoms with Crippen molar-refractivity contribution in [2.45, 2.75) is 19.4 Å². The van der Waals surface area contributed by atoms with E-state index in [1.165, 1.54) is 17.0 Å². The van der Waals surface area contributed by atoms with Gasteiger partial charge in [0.2, 0.25) is 5.91 Å². The summed E-state index contributed by atoms with van der Waals surface area (Å²) in [6.07, 6.45) is 0.00660. The van der Waals surface area contributed by atoms with Crippen molar-refractivity contribution in [3.63, 3.8) is 0 Å². The lowest BCUT2D eigenvalue weighted by atomic mass is 10.1. The van der Waals surface area contributed by atoms with E-state index >= 15 is 0 Å². The first-order valence-corrected chi connectivity index (χ1v) is 6.16. The molecule has 0 aliphatic carbocycles. The highest BCUT2D eigenvalue weighted by atomic mass is 16.6. The Kier molecular flexibility index (Phi) is 3.69. The lowest BCUT2D eigenvalue weighted by Gasteiger charge is -2.24. The topological polar surface area (TPSA) is 101 Å². The Bertz CT molecular complexity index is 554. The maximum Gasteiger partial charge on any atom is 0.308 e. The Morgan fingerprint density at radius 3 is 2.50 bits per heavy atom. The molecule has 2 rings (SSSR count). The molecular weight excluding hydrogens is 264 g/mol.